The zero-order valence-corrected chi connectivity index (χ0v) is 20.4. The number of rotatable bonds is 5. The van der Waals surface area contributed by atoms with E-state index in [9.17, 15) is 5.11 Å². The van der Waals surface area contributed by atoms with Crippen LogP contribution in [0.1, 0.15) is 50.8 Å². The summed E-state index contributed by atoms with van der Waals surface area (Å²) in [4.78, 5) is 11.3. The molecular weight excluding hydrogens is 465 g/mol. The summed E-state index contributed by atoms with van der Waals surface area (Å²) in [6.45, 7) is 4.18. The lowest BCUT2D eigenvalue weighted by Crippen LogP contribution is -2.66. The number of hydrogen-bond acceptors (Lipinski definition) is 9. The Hall–Kier alpha value is -3.16. The lowest BCUT2D eigenvalue weighted by molar-refractivity contribution is 0.0831. The number of alkyl halides is 1. The first kappa shape index (κ1) is 22.3. The largest absolute Gasteiger partial charge is 0.507 e. The molecule has 4 atom stereocenters. The van der Waals surface area contributed by atoms with Gasteiger partial charge in [-0.05, 0) is 58.1 Å². The summed E-state index contributed by atoms with van der Waals surface area (Å²) in [5.74, 6) is 0.885. The number of phenols is 1. The number of hydrogen-bond donors (Lipinski definition) is 2. The zero-order valence-electron chi connectivity index (χ0n) is 19.6. The van der Waals surface area contributed by atoms with Crippen LogP contribution >= 0.6 is 11.3 Å². The third-order valence-electron chi connectivity index (χ3n) is 7.60. The van der Waals surface area contributed by atoms with Gasteiger partial charge in [0.05, 0.1) is 24.0 Å². The number of aromatic nitrogens is 4. The highest BCUT2D eigenvalue weighted by molar-refractivity contribution is 7.15. The quantitative estimate of drug-likeness (QED) is 0.546. The maximum absolute atomic E-state index is 15.8. The molecule has 35 heavy (non-hydrogen) atoms. The first-order valence-electron chi connectivity index (χ1n) is 11.9. The SMILES string of the molecule is C[C@@]12CC[C@@](C)(N1)[C@@H](F)[C@@H](N(c1cnc(-c3ccc(-c4ncc(C#N)s4)cc3O)nn1)C1CC1)C2. The number of nitrogens with zero attached hydrogens (tertiary/aromatic N) is 6. The van der Waals surface area contributed by atoms with Gasteiger partial charge in [0.1, 0.15) is 27.9 Å². The van der Waals surface area contributed by atoms with Crippen molar-refractivity contribution in [2.45, 2.75) is 75.3 Å². The summed E-state index contributed by atoms with van der Waals surface area (Å²) < 4.78 is 15.8. The van der Waals surface area contributed by atoms with Crippen molar-refractivity contribution in [2.75, 3.05) is 4.90 Å². The van der Waals surface area contributed by atoms with Gasteiger partial charge in [-0.1, -0.05) is 6.07 Å². The van der Waals surface area contributed by atoms with E-state index in [0.717, 1.165) is 32.1 Å². The molecule has 2 aromatic heterocycles. The highest BCUT2D eigenvalue weighted by atomic mass is 32.1. The number of halogens is 1. The molecule has 1 aromatic carbocycles. The first-order chi connectivity index (χ1) is 16.8. The summed E-state index contributed by atoms with van der Waals surface area (Å²) in [7, 11) is 0. The Bertz CT molecular complexity index is 1320. The number of aromatic hydroxyl groups is 1. The molecule has 2 saturated heterocycles. The van der Waals surface area contributed by atoms with E-state index in [1.165, 1.54) is 17.5 Å². The fourth-order valence-corrected chi connectivity index (χ4v) is 6.45. The maximum Gasteiger partial charge on any atom is 0.185 e. The second-order valence-electron chi connectivity index (χ2n) is 10.4. The summed E-state index contributed by atoms with van der Waals surface area (Å²) in [6, 6.07) is 7.17. The minimum atomic E-state index is -1.01. The summed E-state index contributed by atoms with van der Waals surface area (Å²) >= 11 is 1.26. The average Bonchev–Trinajstić information content (AvgIpc) is 3.48. The van der Waals surface area contributed by atoms with Crippen molar-refractivity contribution in [3.63, 3.8) is 0 Å². The smallest absolute Gasteiger partial charge is 0.185 e. The lowest BCUT2D eigenvalue weighted by atomic mass is 9.82. The zero-order chi connectivity index (χ0) is 24.4. The number of phenolic OH excluding ortho intramolecular Hbond substituents is 1. The Morgan fingerprint density at radius 1 is 1.20 bits per heavy atom. The van der Waals surface area contributed by atoms with E-state index in [4.69, 9.17) is 5.26 Å². The number of piperidine rings is 1. The Morgan fingerprint density at radius 2 is 2.03 bits per heavy atom. The van der Waals surface area contributed by atoms with E-state index < -0.39 is 11.7 Å². The maximum atomic E-state index is 15.8. The van der Waals surface area contributed by atoms with Crippen LogP contribution in [0.4, 0.5) is 10.2 Å². The molecule has 10 heteroatoms. The van der Waals surface area contributed by atoms with Gasteiger partial charge in [0.2, 0.25) is 0 Å². The molecule has 1 aliphatic carbocycles. The number of nitrogens with one attached hydrogen (secondary N) is 1. The third kappa shape index (κ3) is 3.83. The van der Waals surface area contributed by atoms with Crippen LogP contribution in [0.5, 0.6) is 5.75 Å². The molecule has 1 saturated carbocycles. The Balaban J connectivity index is 1.28. The molecule has 180 valence electrons. The van der Waals surface area contributed by atoms with Gasteiger partial charge in [-0.15, -0.1) is 21.5 Å². The van der Waals surface area contributed by atoms with Crippen LogP contribution in [-0.4, -0.2) is 54.6 Å². The van der Waals surface area contributed by atoms with Crippen molar-refractivity contribution in [1.82, 2.24) is 25.5 Å². The molecule has 0 spiro atoms. The van der Waals surface area contributed by atoms with Crippen LogP contribution in [-0.2, 0) is 0 Å². The molecule has 4 heterocycles. The fourth-order valence-electron chi connectivity index (χ4n) is 5.74. The van der Waals surface area contributed by atoms with E-state index in [1.807, 2.05) is 13.0 Å². The minimum Gasteiger partial charge on any atom is -0.507 e. The number of anilines is 1. The molecule has 2 aliphatic heterocycles. The van der Waals surface area contributed by atoms with E-state index in [-0.39, 0.29) is 23.4 Å². The predicted octanol–water partition coefficient (Wildman–Crippen LogP) is 4.22. The van der Waals surface area contributed by atoms with Gasteiger partial charge in [0, 0.05) is 22.7 Å². The molecule has 8 nitrogen and oxygen atoms in total. The summed E-state index contributed by atoms with van der Waals surface area (Å²) in [5, 5.41) is 32.6. The molecule has 3 aromatic rings. The monoisotopic (exact) mass is 491 g/mol. The fraction of sp³-hybridized carbons (Fsp3) is 0.480. The average molecular weight is 492 g/mol. The molecule has 0 unspecified atom stereocenters. The van der Waals surface area contributed by atoms with Crippen LogP contribution in [0.3, 0.4) is 0 Å². The van der Waals surface area contributed by atoms with Crippen molar-refractivity contribution in [1.29, 1.82) is 5.26 Å². The third-order valence-corrected chi connectivity index (χ3v) is 8.55. The van der Waals surface area contributed by atoms with Gasteiger partial charge in [-0.2, -0.15) is 5.26 Å². The van der Waals surface area contributed by atoms with Crippen LogP contribution < -0.4 is 10.2 Å². The van der Waals surface area contributed by atoms with Crippen LogP contribution in [0.2, 0.25) is 0 Å². The van der Waals surface area contributed by atoms with Crippen molar-refractivity contribution in [3.8, 4) is 33.8 Å². The molecule has 3 fully saturated rings. The van der Waals surface area contributed by atoms with Gasteiger partial charge >= 0.3 is 0 Å². The summed E-state index contributed by atoms with van der Waals surface area (Å²) in [6.07, 6.45) is 6.70. The second kappa shape index (κ2) is 7.93. The van der Waals surface area contributed by atoms with E-state index in [0.29, 0.717) is 32.7 Å². The van der Waals surface area contributed by atoms with Crippen LogP contribution in [0.15, 0.2) is 30.6 Å². The van der Waals surface area contributed by atoms with E-state index in [2.05, 4.69) is 43.4 Å². The Kier molecular flexibility index (Phi) is 5.06. The number of nitriles is 1. The molecule has 2 bridgehead atoms. The van der Waals surface area contributed by atoms with Crippen molar-refractivity contribution >= 4 is 17.2 Å². The van der Waals surface area contributed by atoms with Crippen LogP contribution in [0, 0.1) is 11.3 Å². The number of fused-ring (bicyclic) bond motifs is 2. The topological polar surface area (TPSA) is 111 Å². The second-order valence-corrected chi connectivity index (χ2v) is 11.5. The standard InChI is InChI=1S/C25H26FN7OS/c1-24-7-8-25(2,32-24)21(26)18(10-24)33(15-4-5-15)20-13-28-22(31-30-20)17-6-3-14(9-19(17)34)23-29-12-16(11-27)35-23/h3,6,9,12-13,15,18,21,32,34H,4-5,7-8,10H2,1-2H3/t18-,21-,24-,25+/m0/s1. The Morgan fingerprint density at radius 3 is 2.69 bits per heavy atom. The van der Waals surface area contributed by atoms with Crippen LogP contribution in [0.25, 0.3) is 22.0 Å². The number of benzene rings is 1. The van der Waals surface area contributed by atoms with E-state index in [1.54, 1.807) is 18.3 Å². The molecule has 6 rings (SSSR count). The van der Waals surface area contributed by atoms with Crippen molar-refractivity contribution < 1.29 is 9.50 Å². The molecular formula is C25H26FN7OS. The van der Waals surface area contributed by atoms with Gasteiger partial charge in [-0.3, -0.25) is 0 Å². The highest BCUT2D eigenvalue weighted by Gasteiger charge is 2.58. The molecule has 0 radical (unpaired) electrons. The van der Waals surface area contributed by atoms with Gasteiger partial charge in [0.15, 0.2) is 11.6 Å². The number of thiazole rings is 1. The first-order valence-corrected chi connectivity index (χ1v) is 12.7. The molecule has 0 amide bonds. The summed E-state index contributed by atoms with van der Waals surface area (Å²) in [5.41, 5.74) is 0.560. The van der Waals surface area contributed by atoms with Crippen molar-refractivity contribution in [2.24, 2.45) is 0 Å². The highest BCUT2D eigenvalue weighted by Crippen LogP contribution is 2.47. The van der Waals surface area contributed by atoms with Gasteiger partial charge in [0.25, 0.3) is 0 Å². The minimum absolute atomic E-state index is 0.00408. The normalized spacial score (nSPS) is 29.7. The van der Waals surface area contributed by atoms with E-state index >= 15 is 4.39 Å². The van der Waals surface area contributed by atoms with Gasteiger partial charge < -0.3 is 15.3 Å². The van der Waals surface area contributed by atoms with Gasteiger partial charge in [-0.25, -0.2) is 14.4 Å². The molecule has 2 N–H and O–H groups in total. The van der Waals surface area contributed by atoms with Crippen molar-refractivity contribution in [3.05, 3.63) is 35.5 Å². The predicted molar refractivity (Wildman–Crippen MR) is 131 cm³/mol. The lowest BCUT2D eigenvalue weighted by Gasteiger charge is -2.48. The Labute approximate surface area is 206 Å². The molecule has 3 aliphatic rings.